The largest absolute Gasteiger partial charge is 0.492 e. The summed E-state index contributed by atoms with van der Waals surface area (Å²) in [6.45, 7) is 3.68. The second-order valence-corrected chi connectivity index (χ2v) is 6.06. The van der Waals surface area contributed by atoms with Gasteiger partial charge in [-0.3, -0.25) is 9.58 Å². The van der Waals surface area contributed by atoms with E-state index in [0.717, 1.165) is 42.9 Å². The van der Waals surface area contributed by atoms with Crippen molar-refractivity contribution in [2.45, 2.75) is 13.0 Å². The Morgan fingerprint density at radius 1 is 1.40 bits per heavy atom. The molecule has 0 bridgehead atoms. The van der Waals surface area contributed by atoms with Crippen LogP contribution >= 0.6 is 15.9 Å². The van der Waals surface area contributed by atoms with Gasteiger partial charge in [-0.2, -0.15) is 5.10 Å². The number of aryl methyl sites for hydroxylation is 1. The van der Waals surface area contributed by atoms with Crippen LogP contribution in [0.1, 0.15) is 11.1 Å². The molecule has 0 N–H and O–H groups in total. The van der Waals surface area contributed by atoms with E-state index in [1.54, 1.807) is 0 Å². The number of halogens is 1. The average molecular weight is 336 g/mol. The van der Waals surface area contributed by atoms with Crippen molar-refractivity contribution in [3.8, 4) is 5.75 Å². The van der Waals surface area contributed by atoms with E-state index in [1.807, 2.05) is 30.1 Å². The molecule has 2 aromatic rings. The van der Waals surface area contributed by atoms with Gasteiger partial charge in [-0.15, -0.1) is 0 Å². The van der Waals surface area contributed by atoms with Gasteiger partial charge in [0.15, 0.2) is 0 Å². The number of hydrogen-bond acceptors (Lipinski definition) is 3. The molecule has 1 aliphatic heterocycles. The zero-order valence-electron chi connectivity index (χ0n) is 11.6. The van der Waals surface area contributed by atoms with Crippen molar-refractivity contribution in [2.24, 2.45) is 7.05 Å². The number of ether oxygens (including phenoxy) is 1. The Hall–Kier alpha value is -1.33. The van der Waals surface area contributed by atoms with E-state index in [0.29, 0.717) is 0 Å². The van der Waals surface area contributed by atoms with Crippen molar-refractivity contribution in [3.05, 3.63) is 46.2 Å². The zero-order chi connectivity index (χ0) is 13.9. The molecule has 4 nitrogen and oxygen atoms in total. The van der Waals surface area contributed by atoms with Crippen LogP contribution in [0.2, 0.25) is 0 Å². The van der Waals surface area contributed by atoms with E-state index in [9.17, 15) is 0 Å². The molecule has 0 aliphatic carbocycles. The monoisotopic (exact) mass is 335 g/mol. The molecular weight excluding hydrogens is 318 g/mol. The van der Waals surface area contributed by atoms with Gasteiger partial charge in [-0.1, -0.05) is 15.9 Å². The van der Waals surface area contributed by atoms with Crippen LogP contribution in [0.4, 0.5) is 0 Å². The molecule has 0 unspecified atom stereocenters. The highest BCUT2D eigenvalue weighted by atomic mass is 79.9. The quantitative estimate of drug-likeness (QED) is 0.863. The fourth-order valence-electron chi connectivity index (χ4n) is 2.50. The van der Waals surface area contributed by atoms with Gasteiger partial charge in [0, 0.05) is 42.9 Å². The second kappa shape index (κ2) is 5.97. The lowest BCUT2D eigenvalue weighted by Crippen LogP contribution is -2.27. The first-order valence-corrected chi connectivity index (χ1v) is 7.61. The third-order valence-corrected chi connectivity index (χ3v) is 4.05. The molecule has 3 rings (SSSR count). The molecule has 5 heteroatoms. The van der Waals surface area contributed by atoms with Crippen LogP contribution < -0.4 is 4.74 Å². The van der Waals surface area contributed by atoms with Crippen molar-refractivity contribution < 1.29 is 4.74 Å². The van der Waals surface area contributed by atoms with Crippen LogP contribution in [0.5, 0.6) is 5.75 Å². The van der Waals surface area contributed by atoms with Gasteiger partial charge >= 0.3 is 0 Å². The summed E-state index contributed by atoms with van der Waals surface area (Å²) in [5.74, 6) is 1.01. The topological polar surface area (TPSA) is 30.3 Å². The van der Waals surface area contributed by atoms with Gasteiger partial charge in [0.25, 0.3) is 0 Å². The number of benzene rings is 1. The molecule has 1 aromatic heterocycles. The fraction of sp³-hybridized carbons (Fsp3) is 0.400. The van der Waals surface area contributed by atoms with Crippen LogP contribution in [-0.4, -0.2) is 34.4 Å². The van der Waals surface area contributed by atoms with Crippen LogP contribution in [0.25, 0.3) is 0 Å². The summed E-state index contributed by atoms with van der Waals surface area (Å²) < 4.78 is 8.77. The summed E-state index contributed by atoms with van der Waals surface area (Å²) in [4.78, 5) is 2.44. The van der Waals surface area contributed by atoms with E-state index < -0.39 is 0 Å². The highest BCUT2D eigenvalue weighted by molar-refractivity contribution is 9.10. The van der Waals surface area contributed by atoms with Gasteiger partial charge in [-0.05, 0) is 30.2 Å². The van der Waals surface area contributed by atoms with Crippen LogP contribution in [-0.2, 0) is 20.0 Å². The number of aromatic nitrogens is 2. The first-order chi connectivity index (χ1) is 9.70. The Bertz CT molecular complexity index is 597. The lowest BCUT2D eigenvalue weighted by molar-refractivity contribution is 0.228. The smallest absolute Gasteiger partial charge is 0.123 e. The van der Waals surface area contributed by atoms with Crippen molar-refractivity contribution >= 4 is 15.9 Å². The minimum atomic E-state index is 0.752. The number of nitrogens with zero attached hydrogens (tertiary/aromatic N) is 3. The summed E-state index contributed by atoms with van der Waals surface area (Å²) in [5, 5.41) is 4.21. The lowest BCUT2D eigenvalue weighted by atomic mass is 10.2. The second-order valence-electron chi connectivity index (χ2n) is 5.15. The number of rotatable bonds is 3. The molecule has 0 radical (unpaired) electrons. The van der Waals surface area contributed by atoms with Crippen molar-refractivity contribution in [1.29, 1.82) is 0 Å². The average Bonchev–Trinajstić information content (AvgIpc) is 2.73. The maximum absolute atomic E-state index is 5.81. The van der Waals surface area contributed by atoms with Gasteiger partial charge in [-0.25, -0.2) is 0 Å². The maximum Gasteiger partial charge on any atom is 0.123 e. The van der Waals surface area contributed by atoms with Gasteiger partial charge in [0.2, 0.25) is 0 Å². The van der Waals surface area contributed by atoms with Gasteiger partial charge in [0.1, 0.15) is 12.4 Å². The molecule has 0 spiro atoms. The fourth-order valence-corrected chi connectivity index (χ4v) is 2.90. The number of fused-ring (bicyclic) bond motifs is 1. The Labute approximate surface area is 127 Å². The molecule has 0 saturated carbocycles. The Morgan fingerprint density at radius 3 is 3.10 bits per heavy atom. The molecule has 0 amide bonds. The summed E-state index contributed by atoms with van der Waals surface area (Å²) in [5.41, 5.74) is 2.54. The predicted octanol–water partition coefficient (Wildman–Crippen LogP) is 2.62. The number of hydrogen-bond donors (Lipinski definition) is 0. The van der Waals surface area contributed by atoms with Crippen molar-refractivity contribution in [1.82, 2.24) is 14.7 Å². The summed E-state index contributed by atoms with van der Waals surface area (Å²) >= 11 is 3.53. The Kier molecular flexibility index (Phi) is 4.08. The summed E-state index contributed by atoms with van der Waals surface area (Å²) in [7, 11) is 1.96. The molecule has 0 fully saturated rings. The summed E-state index contributed by atoms with van der Waals surface area (Å²) in [6.07, 6.45) is 5.05. The standard InChI is InChI=1S/C15H18BrN3O/c1-18-10-12(9-17-18)4-5-19-6-7-20-15-3-2-14(16)8-13(15)11-19/h2-3,8-10H,4-7,11H2,1H3. The van der Waals surface area contributed by atoms with Crippen molar-refractivity contribution in [3.63, 3.8) is 0 Å². The van der Waals surface area contributed by atoms with Crippen molar-refractivity contribution in [2.75, 3.05) is 19.7 Å². The lowest BCUT2D eigenvalue weighted by Gasteiger charge is -2.18. The van der Waals surface area contributed by atoms with E-state index in [1.165, 1.54) is 11.1 Å². The molecular formula is C15H18BrN3O. The minimum Gasteiger partial charge on any atom is -0.492 e. The van der Waals surface area contributed by atoms with Gasteiger partial charge in [0.05, 0.1) is 6.20 Å². The van der Waals surface area contributed by atoms with E-state index >= 15 is 0 Å². The first-order valence-electron chi connectivity index (χ1n) is 6.82. The molecule has 20 heavy (non-hydrogen) atoms. The third-order valence-electron chi connectivity index (χ3n) is 3.56. The molecule has 106 valence electrons. The predicted molar refractivity (Wildman–Crippen MR) is 81.8 cm³/mol. The van der Waals surface area contributed by atoms with Crippen LogP contribution in [0.15, 0.2) is 35.1 Å². The SMILES string of the molecule is Cn1cc(CCN2CCOc3ccc(Br)cc3C2)cn1. The first kappa shape index (κ1) is 13.6. The maximum atomic E-state index is 5.81. The molecule has 1 aromatic carbocycles. The Morgan fingerprint density at radius 2 is 2.30 bits per heavy atom. The Balaban J connectivity index is 1.66. The minimum absolute atomic E-state index is 0.752. The van der Waals surface area contributed by atoms with E-state index in [2.05, 4.69) is 38.2 Å². The van der Waals surface area contributed by atoms with E-state index in [-0.39, 0.29) is 0 Å². The highest BCUT2D eigenvalue weighted by Crippen LogP contribution is 2.26. The normalized spacial score (nSPS) is 15.5. The highest BCUT2D eigenvalue weighted by Gasteiger charge is 2.15. The van der Waals surface area contributed by atoms with Crippen LogP contribution in [0, 0.1) is 0 Å². The summed E-state index contributed by atoms with van der Waals surface area (Å²) in [6, 6.07) is 6.23. The van der Waals surface area contributed by atoms with Crippen LogP contribution in [0.3, 0.4) is 0 Å². The van der Waals surface area contributed by atoms with Gasteiger partial charge < -0.3 is 4.74 Å². The molecule has 0 saturated heterocycles. The van der Waals surface area contributed by atoms with E-state index in [4.69, 9.17) is 4.74 Å². The zero-order valence-corrected chi connectivity index (χ0v) is 13.1. The third kappa shape index (κ3) is 3.22. The molecule has 0 atom stereocenters. The molecule has 1 aliphatic rings. The molecule has 2 heterocycles.